The maximum absolute atomic E-state index is 12.1. The zero-order valence-corrected chi connectivity index (χ0v) is 12.7. The van der Waals surface area contributed by atoms with E-state index in [1.165, 1.54) is 11.3 Å². The van der Waals surface area contributed by atoms with Crippen LogP contribution in [-0.2, 0) is 0 Å². The second kappa shape index (κ2) is 5.65. The Labute approximate surface area is 125 Å². The van der Waals surface area contributed by atoms with Crippen molar-refractivity contribution in [2.75, 3.05) is 18.0 Å². The summed E-state index contributed by atoms with van der Waals surface area (Å²) in [5, 5.41) is 9.15. The van der Waals surface area contributed by atoms with E-state index < -0.39 is 0 Å². The van der Waals surface area contributed by atoms with Gasteiger partial charge in [0.1, 0.15) is 11.1 Å². The summed E-state index contributed by atoms with van der Waals surface area (Å²) >= 11 is 1.32. The third-order valence-corrected chi connectivity index (χ3v) is 4.16. The van der Waals surface area contributed by atoms with Crippen LogP contribution in [0.5, 0.6) is 0 Å². The van der Waals surface area contributed by atoms with Crippen LogP contribution in [0.4, 0.5) is 5.69 Å². The molecule has 0 aliphatic rings. The number of aromatic nitrogens is 2. The van der Waals surface area contributed by atoms with Gasteiger partial charge in [-0.15, -0.1) is 10.2 Å². The van der Waals surface area contributed by atoms with E-state index in [4.69, 9.17) is 4.42 Å². The van der Waals surface area contributed by atoms with Gasteiger partial charge in [-0.2, -0.15) is 0 Å². The molecular weight excluding hydrogens is 286 g/mol. The Morgan fingerprint density at radius 3 is 2.71 bits per heavy atom. The van der Waals surface area contributed by atoms with Crippen molar-refractivity contribution in [1.29, 1.82) is 0 Å². The van der Waals surface area contributed by atoms with Crippen molar-refractivity contribution in [3.63, 3.8) is 0 Å². The summed E-state index contributed by atoms with van der Waals surface area (Å²) in [4.78, 5) is 14.3. The topological polar surface area (TPSA) is 59.2 Å². The molecule has 0 atom stereocenters. The maximum atomic E-state index is 12.1. The second-order valence-electron chi connectivity index (χ2n) is 4.59. The molecule has 3 rings (SSSR count). The number of benzene rings is 1. The Hall–Kier alpha value is -2.21. The maximum Gasteiger partial charge on any atom is 0.346 e. The zero-order chi connectivity index (χ0) is 14.8. The van der Waals surface area contributed by atoms with E-state index in [0.29, 0.717) is 16.2 Å². The van der Waals surface area contributed by atoms with E-state index in [1.54, 1.807) is 5.51 Å². The lowest BCUT2D eigenvalue weighted by Crippen LogP contribution is -2.21. The largest absolute Gasteiger partial charge is 0.422 e. The van der Waals surface area contributed by atoms with Gasteiger partial charge in [-0.25, -0.2) is 4.79 Å². The predicted molar refractivity (Wildman–Crippen MR) is 84.9 cm³/mol. The molecule has 3 aromatic rings. The fourth-order valence-corrected chi connectivity index (χ4v) is 2.88. The Kier molecular flexibility index (Phi) is 3.70. The molecule has 0 unspecified atom stereocenters. The van der Waals surface area contributed by atoms with Gasteiger partial charge in [0.15, 0.2) is 5.01 Å². The summed E-state index contributed by atoms with van der Waals surface area (Å²) in [5.41, 5.74) is 3.33. The molecular formula is C15H15N3O2S. The van der Waals surface area contributed by atoms with Crippen LogP contribution in [0.15, 0.2) is 39.0 Å². The lowest BCUT2D eigenvalue weighted by molar-refractivity contribution is 0.563. The van der Waals surface area contributed by atoms with Gasteiger partial charge < -0.3 is 9.32 Å². The normalized spacial score (nSPS) is 11.0. The van der Waals surface area contributed by atoms with Gasteiger partial charge >= 0.3 is 5.63 Å². The fourth-order valence-electron chi connectivity index (χ4n) is 2.32. The standard InChI is InChI=1S/C15H15N3O2S/c1-3-18(4-2)11-6-5-10-7-12(14-17-16-9-21-14)15(19)20-13(10)8-11/h5-9H,3-4H2,1-2H3. The summed E-state index contributed by atoms with van der Waals surface area (Å²) in [6.07, 6.45) is 0. The van der Waals surface area contributed by atoms with Crippen LogP contribution in [0.2, 0.25) is 0 Å². The molecule has 0 N–H and O–H groups in total. The van der Waals surface area contributed by atoms with Crippen LogP contribution in [0.3, 0.4) is 0 Å². The summed E-state index contributed by atoms with van der Waals surface area (Å²) in [7, 11) is 0. The van der Waals surface area contributed by atoms with Crippen LogP contribution in [0.25, 0.3) is 21.5 Å². The van der Waals surface area contributed by atoms with Gasteiger partial charge in [0.05, 0.1) is 5.56 Å². The molecule has 6 heteroatoms. The first kappa shape index (κ1) is 13.8. The van der Waals surface area contributed by atoms with Crippen molar-refractivity contribution in [3.8, 4) is 10.6 Å². The van der Waals surface area contributed by atoms with Gasteiger partial charge in [-0.3, -0.25) is 0 Å². The number of nitrogens with zero attached hydrogens (tertiary/aromatic N) is 3. The summed E-state index contributed by atoms with van der Waals surface area (Å²) < 4.78 is 5.45. The third kappa shape index (κ3) is 2.54. The van der Waals surface area contributed by atoms with E-state index in [2.05, 4.69) is 28.9 Å². The zero-order valence-electron chi connectivity index (χ0n) is 11.9. The minimum absolute atomic E-state index is 0.379. The second-order valence-corrected chi connectivity index (χ2v) is 5.42. The van der Waals surface area contributed by atoms with Crippen LogP contribution in [0.1, 0.15) is 13.8 Å². The van der Waals surface area contributed by atoms with Crippen molar-refractivity contribution < 1.29 is 4.42 Å². The van der Waals surface area contributed by atoms with Crippen LogP contribution in [0, 0.1) is 0 Å². The smallest absolute Gasteiger partial charge is 0.346 e. The molecule has 0 radical (unpaired) electrons. The lowest BCUT2D eigenvalue weighted by Gasteiger charge is -2.20. The van der Waals surface area contributed by atoms with Gasteiger partial charge in [0, 0.05) is 30.2 Å². The number of rotatable bonds is 4. The third-order valence-electron chi connectivity index (χ3n) is 3.44. The number of hydrogen-bond acceptors (Lipinski definition) is 6. The molecule has 108 valence electrons. The summed E-state index contributed by atoms with van der Waals surface area (Å²) in [6.45, 7) is 6.02. The average Bonchev–Trinajstić information content (AvgIpc) is 3.01. The number of anilines is 1. The Balaban J connectivity index is 2.13. The molecule has 1 aromatic carbocycles. The summed E-state index contributed by atoms with van der Waals surface area (Å²) in [6, 6.07) is 7.73. The van der Waals surface area contributed by atoms with E-state index in [1.807, 2.05) is 24.3 Å². The summed E-state index contributed by atoms with van der Waals surface area (Å²) in [5.74, 6) is 0. The van der Waals surface area contributed by atoms with Crippen molar-refractivity contribution in [2.24, 2.45) is 0 Å². The SMILES string of the molecule is CCN(CC)c1ccc2cc(-c3nncs3)c(=O)oc2c1. The quantitative estimate of drug-likeness (QED) is 0.693. The van der Waals surface area contributed by atoms with Crippen molar-refractivity contribution in [1.82, 2.24) is 10.2 Å². The average molecular weight is 301 g/mol. The molecule has 0 saturated heterocycles. The highest BCUT2D eigenvalue weighted by Gasteiger charge is 2.12. The van der Waals surface area contributed by atoms with Crippen molar-refractivity contribution >= 4 is 28.0 Å². The Bertz CT molecular complexity index is 807. The molecule has 0 bridgehead atoms. The van der Waals surface area contributed by atoms with Crippen LogP contribution < -0.4 is 10.5 Å². The highest BCUT2D eigenvalue weighted by atomic mass is 32.1. The molecule has 21 heavy (non-hydrogen) atoms. The molecule has 5 nitrogen and oxygen atoms in total. The van der Waals surface area contributed by atoms with E-state index in [9.17, 15) is 4.79 Å². The molecule has 2 heterocycles. The van der Waals surface area contributed by atoms with Crippen molar-refractivity contribution in [3.05, 3.63) is 40.2 Å². The highest BCUT2D eigenvalue weighted by Crippen LogP contribution is 2.25. The molecule has 2 aromatic heterocycles. The highest BCUT2D eigenvalue weighted by molar-refractivity contribution is 7.12. The Morgan fingerprint density at radius 1 is 1.24 bits per heavy atom. The number of hydrogen-bond donors (Lipinski definition) is 0. The molecule has 0 fully saturated rings. The first-order chi connectivity index (χ1) is 10.2. The van der Waals surface area contributed by atoms with E-state index in [-0.39, 0.29) is 5.63 Å². The first-order valence-electron chi connectivity index (χ1n) is 6.82. The fraction of sp³-hybridized carbons (Fsp3) is 0.267. The van der Waals surface area contributed by atoms with Crippen molar-refractivity contribution in [2.45, 2.75) is 13.8 Å². The minimum atomic E-state index is -0.379. The van der Waals surface area contributed by atoms with Gasteiger partial charge in [-0.05, 0) is 32.0 Å². The molecule has 0 aliphatic heterocycles. The molecule has 0 spiro atoms. The van der Waals surface area contributed by atoms with Gasteiger partial charge in [0.25, 0.3) is 0 Å². The predicted octanol–water partition coefficient (Wildman–Crippen LogP) is 3.16. The molecule has 0 saturated carbocycles. The van der Waals surface area contributed by atoms with Gasteiger partial charge in [-0.1, -0.05) is 11.3 Å². The molecule has 0 amide bonds. The van der Waals surface area contributed by atoms with Gasteiger partial charge in [0.2, 0.25) is 0 Å². The van der Waals surface area contributed by atoms with E-state index in [0.717, 1.165) is 24.2 Å². The monoisotopic (exact) mass is 301 g/mol. The van der Waals surface area contributed by atoms with Crippen LogP contribution >= 0.6 is 11.3 Å². The lowest BCUT2D eigenvalue weighted by atomic mass is 10.1. The number of fused-ring (bicyclic) bond motifs is 1. The van der Waals surface area contributed by atoms with Crippen LogP contribution in [-0.4, -0.2) is 23.3 Å². The Morgan fingerprint density at radius 2 is 2.05 bits per heavy atom. The molecule has 0 aliphatic carbocycles. The first-order valence-corrected chi connectivity index (χ1v) is 7.70. The minimum Gasteiger partial charge on any atom is -0.422 e. The van der Waals surface area contributed by atoms with E-state index >= 15 is 0 Å².